The zero-order valence-corrected chi connectivity index (χ0v) is 17.0. The molecule has 0 spiro atoms. The van der Waals surface area contributed by atoms with Crippen molar-refractivity contribution >= 4 is 5.95 Å². The number of aliphatic hydroxyl groups is 1. The second-order valence-electron chi connectivity index (χ2n) is 7.35. The van der Waals surface area contributed by atoms with E-state index in [0.717, 1.165) is 53.7 Å². The molecular formula is C22H27N5O2. The van der Waals surface area contributed by atoms with Gasteiger partial charge in [0.1, 0.15) is 0 Å². The number of ether oxygens (including phenoxy) is 1. The van der Waals surface area contributed by atoms with Crippen molar-refractivity contribution in [1.82, 2.24) is 19.7 Å². The number of hydrogen-bond acceptors (Lipinski definition) is 6. The van der Waals surface area contributed by atoms with Crippen molar-refractivity contribution in [2.75, 3.05) is 31.2 Å². The molecule has 1 fully saturated rings. The van der Waals surface area contributed by atoms with E-state index in [2.05, 4.69) is 35.1 Å². The van der Waals surface area contributed by atoms with Gasteiger partial charge in [0, 0.05) is 36.1 Å². The first-order valence-corrected chi connectivity index (χ1v) is 10.2. The minimum absolute atomic E-state index is 0.429. The molecule has 0 aliphatic carbocycles. The molecule has 2 aromatic heterocycles. The molecule has 1 aromatic carbocycles. The fourth-order valence-electron chi connectivity index (χ4n) is 3.44. The first-order chi connectivity index (χ1) is 14.1. The molecule has 0 unspecified atom stereocenters. The highest BCUT2D eigenvalue weighted by Gasteiger charge is 2.16. The van der Waals surface area contributed by atoms with E-state index in [4.69, 9.17) is 14.7 Å². The van der Waals surface area contributed by atoms with Gasteiger partial charge in [-0.05, 0) is 31.5 Å². The second-order valence-corrected chi connectivity index (χ2v) is 7.35. The van der Waals surface area contributed by atoms with Crippen LogP contribution in [-0.4, -0.2) is 57.3 Å². The maximum atomic E-state index is 9.57. The van der Waals surface area contributed by atoms with Crippen LogP contribution in [0.2, 0.25) is 0 Å². The lowest BCUT2D eigenvalue weighted by Crippen LogP contribution is -2.37. The average molecular weight is 393 g/mol. The highest BCUT2D eigenvalue weighted by molar-refractivity contribution is 5.70. The van der Waals surface area contributed by atoms with Gasteiger partial charge in [-0.25, -0.2) is 9.97 Å². The van der Waals surface area contributed by atoms with Gasteiger partial charge in [-0.1, -0.05) is 25.1 Å². The van der Waals surface area contributed by atoms with Crippen molar-refractivity contribution in [2.45, 2.75) is 32.9 Å². The van der Waals surface area contributed by atoms with Crippen LogP contribution in [0.5, 0.6) is 0 Å². The van der Waals surface area contributed by atoms with E-state index >= 15 is 0 Å². The molecule has 0 radical (unpaired) electrons. The van der Waals surface area contributed by atoms with Gasteiger partial charge in [-0.2, -0.15) is 5.10 Å². The van der Waals surface area contributed by atoms with Crippen molar-refractivity contribution < 1.29 is 9.84 Å². The number of hydrogen-bond donors (Lipinski definition) is 1. The Morgan fingerprint density at radius 1 is 1.07 bits per heavy atom. The van der Waals surface area contributed by atoms with Crippen LogP contribution in [0.3, 0.4) is 0 Å². The van der Waals surface area contributed by atoms with Crippen LogP contribution in [0, 0.1) is 0 Å². The molecule has 7 nitrogen and oxygen atoms in total. The molecular weight excluding hydrogens is 366 g/mol. The Hall–Kier alpha value is -2.77. The van der Waals surface area contributed by atoms with Crippen LogP contribution < -0.4 is 4.90 Å². The quantitative estimate of drug-likeness (QED) is 0.694. The molecule has 1 saturated heterocycles. The molecule has 1 N–H and O–H groups in total. The fraction of sp³-hybridized carbons (Fsp3) is 0.409. The van der Waals surface area contributed by atoms with Gasteiger partial charge < -0.3 is 14.7 Å². The van der Waals surface area contributed by atoms with Crippen molar-refractivity contribution in [3.05, 3.63) is 48.3 Å². The Bertz CT molecular complexity index is 963. The second kappa shape index (κ2) is 8.71. The van der Waals surface area contributed by atoms with Crippen LogP contribution in [-0.2, 0) is 17.7 Å². The lowest BCUT2D eigenvalue weighted by atomic mass is 10.1. The predicted octanol–water partition coefficient (Wildman–Crippen LogP) is 2.79. The smallest absolute Gasteiger partial charge is 0.226 e. The summed E-state index contributed by atoms with van der Waals surface area (Å²) in [7, 11) is 0. The summed E-state index contributed by atoms with van der Waals surface area (Å²) in [5.41, 5.74) is 4.90. The zero-order valence-electron chi connectivity index (χ0n) is 17.0. The van der Waals surface area contributed by atoms with E-state index in [9.17, 15) is 5.11 Å². The lowest BCUT2D eigenvalue weighted by molar-refractivity contribution is 0.122. The molecule has 3 heterocycles. The fourth-order valence-corrected chi connectivity index (χ4v) is 3.44. The molecule has 0 saturated carbocycles. The van der Waals surface area contributed by atoms with E-state index in [0.29, 0.717) is 19.8 Å². The topological polar surface area (TPSA) is 76.3 Å². The number of rotatable bonds is 6. The highest BCUT2D eigenvalue weighted by atomic mass is 16.5. The molecule has 4 rings (SSSR count). The monoisotopic (exact) mass is 393 g/mol. The van der Waals surface area contributed by atoms with Gasteiger partial charge in [0.15, 0.2) is 0 Å². The van der Waals surface area contributed by atoms with E-state index in [1.807, 2.05) is 24.4 Å². The SMILES string of the molecule is CCc1cc(-c2cccc(-c3ccn(C[C@H](C)O)n3)c2)nc(N2CCOCC2)n1. The van der Waals surface area contributed by atoms with Gasteiger partial charge in [0.05, 0.1) is 37.3 Å². The molecule has 1 aliphatic heterocycles. The number of benzene rings is 1. The Morgan fingerprint density at radius 3 is 2.55 bits per heavy atom. The third-order valence-electron chi connectivity index (χ3n) is 4.97. The largest absolute Gasteiger partial charge is 0.391 e. The summed E-state index contributed by atoms with van der Waals surface area (Å²) in [5, 5.41) is 14.2. The third kappa shape index (κ3) is 4.63. The predicted molar refractivity (Wildman–Crippen MR) is 113 cm³/mol. The summed E-state index contributed by atoms with van der Waals surface area (Å²) < 4.78 is 7.23. The highest BCUT2D eigenvalue weighted by Crippen LogP contribution is 2.26. The number of nitrogens with zero attached hydrogens (tertiary/aromatic N) is 5. The number of aromatic nitrogens is 4. The van der Waals surface area contributed by atoms with Gasteiger partial charge in [-0.3, -0.25) is 4.68 Å². The van der Waals surface area contributed by atoms with Crippen molar-refractivity contribution in [1.29, 1.82) is 0 Å². The first kappa shape index (κ1) is 19.5. The van der Waals surface area contributed by atoms with Crippen LogP contribution in [0.25, 0.3) is 22.5 Å². The van der Waals surface area contributed by atoms with E-state index in [1.54, 1.807) is 11.6 Å². The molecule has 29 heavy (non-hydrogen) atoms. The Labute approximate surface area is 171 Å². The molecule has 1 aliphatic rings. The Morgan fingerprint density at radius 2 is 1.83 bits per heavy atom. The summed E-state index contributed by atoms with van der Waals surface area (Å²) in [6.45, 7) is 7.39. The number of anilines is 1. The number of morpholine rings is 1. The van der Waals surface area contributed by atoms with Gasteiger partial charge in [0.25, 0.3) is 0 Å². The van der Waals surface area contributed by atoms with Crippen LogP contribution in [0.4, 0.5) is 5.95 Å². The third-order valence-corrected chi connectivity index (χ3v) is 4.97. The Kier molecular flexibility index (Phi) is 5.87. The number of aryl methyl sites for hydroxylation is 1. The van der Waals surface area contributed by atoms with Crippen LogP contribution in [0.15, 0.2) is 42.6 Å². The summed E-state index contributed by atoms with van der Waals surface area (Å²) in [6, 6.07) is 12.3. The molecule has 0 bridgehead atoms. The van der Waals surface area contributed by atoms with Crippen molar-refractivity contribution in [3.63, 3.8) is 0 Å². The standard InChI is InChI=1S/C22H27N5O2/c1-3-19-14-21(24-22(23-19)26-9-11-29-12-10-26)18-6-4-5-17(13-18)20-7-8-27(25-20)15-16(2)28/h4-8,13-14,16,28H,3,9-12,15H2,1-2H3/t16-/m0/s1. The van der Waals surface area contributed by atoms with Gasteiger partial charge in [0.2, 0.25) is 5.95 Å². The summed E-state index contributed by atoms with van der Waals surface area (Å²) in [6.07, 6.45) is 2.32. The normalized spacial score (nSPS) is 15.5. The summed E-state index contributed by atoms with van der Waals surface area (Å²) >= 11 is 0. The zero-order chi connectivity index (χ0) is 20.2. The molecule has 0 amide bonds. The number of aliphatic hydroxyl groups excluding tert-OH is 1. The maximum absolute atomic E-state index is 9.57. The lowest BCUT2D eigenvalue weighted by Gasteiger charge is -2.27. The molecule has 1 atom stereocenters. The van der Waals surface area contributed by atoms with Crippen LogP contribution in [0.1, 0.15) is 19.5 Å². The summed E-state index contributed by atoms with van der Waals surface area (Å²) in [5.74, 6) is 0.772. The van der Waals surface area contributed by atoms with Crippen molar-refractivity contribution in [2.24, 2.45) is 0 Å². The van der Waals surface area contributed by atoms with E-state index in [-0.39, 0.29) is 0 Å². The van der Waals surface area contributed by atoms with E-state index < -0.39 is 6.10 Å². The molecule has 3 aromatic rings. The molecule has 7 heteroatoms. The summed E-state index contributed by atoms with van der Waals surface area (Å²) in [4.78, 5) is 11.8. The van der Waals surface area contributed by atoms with Crippen molar-refractivity contribution in [3.8, 4) is 22.5 Å². The minimum Gasteiger partial charge on any atom is -0.391 e. The Balaban J connectivity index is 1.66. The van der Waals surface area contributed by atoms with Gasteiger partial charge >= 0.3 is 0 Å². The van der Waals surface area contributed by atoms with Gasteiger partial charge in [-0.15, -0.1) is 0 Å². The van der Waals surface area contributed by atoms with Crippen LogP contribution >= 0.6 is 0 Å². The maximum Gasteiger partial charge on any atom is 0.226 e. The average Bonchev–Trinajstić information content (AvgIpc) is 3.22. The molecule has 152 valence electrons. The first-order valence-electron chi connectivity index (χ1n) is 10.2. The van der Waals surface area contributed by atoms with E-state index in [1.165, 1.54) is 0 Å². The minimum atomic E-state index is -0.429.